The Hall–Kier alpha value is -2.56. The molecule has 1 fully saturated rings. The van der Waals surface area contributed by atoms with Crippen molar-refractivity contribution in [3.63, 3.8) is 0 Å². The average molecular weight is 465 g/mol. The normalized spacial score (nSPS) is 17.5. The fourth-order valence-corrected chi connectivity index (χ4v) is 5.35. The second-order valence-corrected chi connectivity index (χ2v) is 9.78. The molecule has 32 heavy (non-hydrogen) atoms. The van der Waals surface area contributed by atoms with Gasteiger partial charge in [0.1, 0.15) is 0 Å². The predicted molar refractivity (Wildman–Crippen MR) is 114 cm³/mol. The lowest BCUT2D eigenvalue weighted by atomic mass is 10.1. The molecule has 1 aliphatic rings. The first kappa shape index (κ1) is 22.6. The molecule has 1 aliphatic heterocycles. The molecule has 0 radical (unpaired) electrons. The van der Waals surface area contributed by atoms with Crippen LogP contribution in [-0.2, 0) is 16.2 Å². The van der Waals surface area contributed by atoms with Crippen molar-refractivity contribution in [1.82, 2.24) is 19.2 Å². The van der Waals surface area contributed by atoms with Gasteiger partial charge < -0.3 is 0 Å². The van der Waals surface area contributed by atoms with Crippen LogP contribution in [0.3, 0.4) is 0 Å². The van der Waals surface area contributed by atoms with Crippen LogP contribution in [0.25, 0.3) is 10.9 Å². The lowest BCUT2D eigenvalue weighted by molar-refractivity contribution is -0.137. The van der Waals surface area contributed by atoms with Crippen LogP contribution >= 0.6 is 0 Å². The van der Waals surface area contributed by atoms with E-state index in [-0.39, 0.29) is 24.0 Å². The number of halogens is 3. The Balaban J connectivity index is 1.45. The van der Waals surface area contributed by atoms with Gasteiger partial charge >= 0.3 is 6.18 Å². The number of alkyl halides is 3. The first-order valence-electron chi connectivity index (χ1n) is 10.2. The number of benzene rings is 1. The summed E-state index contributed by atoms with van der Waals surface area (Å²) in [7, 11) is -3.85. The molecule has 0 bridgehead atoms. The van der Waals surface area contributed by atoms with Crippen LogP contribution in [0.5, 0.6) is 0 Å². The highest BCUT2D eigenvalue weighted by Gasteiger charge is 2.33. The molecule has 1 unspecified atom stereocenters. The second-order valence-electron chi connectivity index (χ2n) is 7.84. The summed E-state index contributed by atoms with van der Waals surface area (Å²) in [5, 5.41) is 0.996. The molecule has 3 aromatic rings. The Kier molecular flexibility index (Phi) is 5.95. The van der Waals surface area contributed by atoms with Crippen LogP contribution in [0.4, 0.5) is 13.2 Å². The molecule has 4 rings (SSSR count). The molecule has 1 atom stereocenters. The lowest BCUT2D eigenvalue weighted by Gasteiger charge is -2.37. The molecule has 1 saturated heterocycles. The van der Waals surface area contributed by atoms with Crippen LogP contribution < -0.4 is 0 Å². The van der Waals surface area contributed by atoms with Crippen molar-refractivity contribution < 1.29 is 21.6 Å². The highest BCUT2D eigenvalue weighted by molar-refractivity contribution is 7.89. The summed E-state index contributed by atoms with van der Waals surface area (Å²) in [6.07, 6.45) is -2.78. The number of piperazine rings is 1. The van der Waals surface area contributed by atoms with E-state index in [1.165, 1.54) is 4.31 Å². The number of hydrogen-bond donors (Lipinski definition) is 0. The van der Waals surface area contributed by atoms with Crippen molar-refractivity contribution in [2.75, 3.05) is 26.2 Å². The number of sulfonamides is 1. The molecule has 2 aromatic heterocycles. The topological polar surface area (TPSA) is 66.4 Å². The second kappa shape index (κ2) is 8.42. The van der Waals surface area contributed by atoms with Gasteiger partial charge in [0.2, 0.25) is 10.0 Å². The van der Waals surface area contributed by atoms with Gasteiger partial charge in [-0.25, -0.2) is 8.42 Å². The van der Waals surface area contributed by atoms with E-state index < -0.39 is 21.8 Å². The fourth-order valence-electron chi connectivity index (χ4n) is 3.93. The molecule has 3 heterocycles. The van der Waals surface area contributed by atoms with E-state index in [0.29, 0.717) is 13.1 Å². The van der Waals surface area contributed by atoms with Gasteiger partial charge in [-0.05, 0) is 56.3 Å². The van der Waals surface area contributed by atoms with E-state index in [9.17, 15) is 21.6 Å². The SMILES string of the molecule is Cc1nccc2nc(C(C)N3CCN(S(=O)(=O)c4ccc(C(F)(F)F)cc4)CC3)ccc12. The summed E-state index contributed by atoms with van der Waals surface area (Å²) in [6, 6.07) is 9.46. The van der Waals surface area contributed by atoms with Gasteiger partial charge in [0, 0.05) is 49.5 Å². The number of aryl methyl sites for hydroxylation is 1. The molecule has 10 heteroatoms. The largest absolute Gasteiger partial charge is 0.416 e. The molecule has 1 aromatic carbocycles. The lowest BCUT2D eigenvalue weighted by Crippen LogP contribution is -2.49. The molecule has 0 amide bonds. The molecule has 6 nitrogen and oxygen atoms in total. The minimum Gasteiger partial charge on any atom is -0.292 e. The van der Waals surface area contributed by atoms with Crippen LogP contribution in [0, 0.1) is 6.92 Å². The molecule has 0 saturated carbocycles. The van der Waals surface area contributed by atoms with E-state index in [1.807, 2.05) is 32.0 Å². The summed E-state index contributed by atoms with van der Waals surface area (Å²) >= 11 is 0. The molecule has 170 valence electrons. The minimum atomic E-state index is -4.50. The number of aromatic nitrogens is 2. The van der Waals surface area contributed by atoms with E-state index in [4.69, 9.17) is 4.98 Å². The van der Waals surface area contributed by atoms with Gasteiger partial charge in [0.25, 0.3) is 0 Å². The smallest absolute Gasteiger partial charge is 0.292 e. The van der Waals surface area contributed by atoms with Gasteiger partial charge in [0.15, 0.2) is 0 Å². The number of fused-ring (bicyclic) bond motifs is 1. The first-order valence-corrected chi connectivity index (χ1v) is 11.6. The molecule has 0 spiro atoms. The van der Waals surface area contributed by atoms with Crippen LogP contribution in [-0.4, -0.2) is 53.8 Å². The zero-order valence-electron chi connectivity index (χ0n) is 17.7. The third-order valence-electron chi connectivity index (χ3n) is 5.91. The van der Waals surface area contributed by atoms with Crippen LogP contribution in [0.2, 0.25) is 0 Å². The maximum atomic E-state index is 12.9. The number of pyridine rings is 2. The Morgan fingerprint density at radius 2 is 1.62 bits per heavy atom. The van der Waals surface area contributed by atoms with E-state index in [0.717, 1.165) is 46.6 Å². The maximum Gasteiger partial charge on any atom is 0.416 e. The third kappa shape index (κ3) is 4.35. The zero-order chi connectivity index (χ0) is 23.1. The van der Waals surface area contributed by atoms with Gasteiger partial charge in [-0.1, -0.05) is 0 Å². The molecule has 0 aliphatic carbocycles. The van der Waals surface area contributed by atoms with E-state index in [2.05, 4.69) is 9.88 Å². The predicted octanol–water partition coefficient (Wildman–Crippen LogP) is 4.02. The van der Waals surface area contributed by atoms with Gasteiger partial charge in [-0.3, -0.25) is 14.9 Å². The van der Waals surface area contributed by atoms with E-state index in [1.54, 1.807) is 6.20 Å². The van der Waals surface area contributed by atoms with Crippen molar-refractivity contribution in [3.05, 3.63) is 65.6 Å². The summed E-state index contributed by atoms with van der Waals surface area (Å²) in [4.78, 5) is 11.0. The number of nitrogens with zero attached hydrogens (tertiary/aromatic N) is 4. The number of rotatable bonds is 4. The van der Waals surface area contributed by atoms with Gasteiger partial charge in [0.05, 0.1) is 21.7 Å². The average Bonchev–Trinajstić information content (AvgIpc) is 2.78. The zero-order valence-corrected chi connectivity index (χ0v) is 18.5. The van der Waals surface area contributed by atoms with Crippen LogP contribution in [0.1, 0.15) is 29.9 Å². The third-order valence-corrected chi connectivity index (χ3v) is 7.82. The van der Waals surface area contributed by atoms with Crippen molar-refractivity contribution in [3.8, 4) is 0 Å². The monoisotopic (exact) mass is 464 g/mol. The summed E-state index contributed by atoms with van der Waals surface area (Å²) < 4.78 is 65.4. The molecule has 0 N–H and O–H groups in total. The summed E-state index contributed by atoms with van der Waals surface area (Å²) in [6.45, 7) is 5.46. The van der Waals surface area contributed by atoms with Crippen molar-refractivity contribution in [2.45, 2.75) is 31.0 Å². The van der Waals surface area contributed by atoms with Crippen molar-refractivity contribution >= 4 is 20.9 Å². The Morgan fingerprint density at radius 1 is 0.969 bits per heavy atom. The number of hydrogen-bond acceptors (Lipinski definition) is 5. The summed E-state index contributed by atoms with van der Waals surface area (Å²) in [5.74, 6) is 0. The fraction of sp³-hybridized carbons (Fsp3) is 0.364. The van der Waals surface area contributed by atoms with Gasteiger partial charge in [-0.2, -0.15) is 17.5 Å². The quantitative estimate of drug-likeness (QED) is 0.584. The highest BCUT2D eigenvalue weighted by Crippen LogP contribution is 2.31. The van der Waals surface area contributed by atoms with Crippen molar-refractivity contribution in [1.29, 1.82) is 0 Å². The first-order chi connectivity index (χ1) is 15.1. The Labute approximate surface area is 184 Å². The molecular weight excluding hydrogens is 441 g/mol. The summed E-state index contributed by atoms with van der Waals surface area (Å²) in [5.41, 5.74) is 1.80. The highest BCUT2D eigenvalue weighted by atomic mass is 32.2. The Morgan fingerprint density at radius 3 is 2.25 bits per heavy atom. The van der Waals surface area contributed by atoms with Crippen molar-refractivity contribution in [2.24, 2.45) is 0 Å². The van der Waals surface area contributed by atoms with Gasteiger partial charge in [-0.15, -0.1) is 0 Å². The molecular formula is C22H23F3N4O2S. The minimum absolute atomic E-state index is 0.0104. The Bertz CT molecular complexity index is 1220. The van der Waals surface area contributed by atoms with E-state index >= 15 is 0 Å². The maximum absolute atomic E-state index is 12.9. The standard InChI is InChI=1S/C22H23F3N4O2S/c1-15-19-7-8-20(27-21(19)9-10-26-15)16(2)28-11-13-29(14-12-28)32(30,31)18-5-3-17(4-6-18)22(23,24)25/h3-10,16H,11-14H2,1-2H3. The van der Waals surface area contributed by atoms with Crippen LogP contribution in [0.15, 0.2) is 53.6 Å².